The highest BCUT2D eigenvalue weighted by atomic mass is 32.1. The highest BCUT2D eigenvalue weighted by molar-refractivity contribution is 7.09. The predicted molar refractivity (Wildman–Crippen MR) is 64.9 cm³/mol. The number of nitrogens with zero attached hydrogens (tertiary/aromatic N) is 1. The minimum atomic E-state index is 0.128. The first-order valence-electron chi connectivity index (χ1n) is 5.17. The van der Waals surface area contributed by atoms with Gasteiger partial charge in [0, 0.05) is 11.6 Å². The molecule has 0 aliphatic heterocycles. The van der Waals surface area contributed by atoms with Crippen molar-refractivity contribution in [2.75, 3.05) is 0 Å². The molecule has 0 aliphatic carbocycles. The Labute approximate surface area is 99.1 Å². The van der Waals surface area contributed by atoms with E-state index < -0.39 is 0 Å². The lowest BCUT2D eigenvalue weighted by molar-refractivity contribution is 0.00694. The Morgan fingerprint density at radius 1 is 1.38 bits per heavy atom. The van der Waals surface area contributed by atoms with E-state index in [9.17, 15) is 0 Å². The van der Waals surface area contributed by atoms with Crippen LogP contribution in [0.3, 0.4) is 0 Å². The molecule has 16 heavy (non-hydrogen) atoms. The van der Waals surface area contributed by atoms with Crippen molar-refractivity contribution in [1.29, 1.82) is 0 Å². The molecule has 0 amide bonds. The molecule has 0 aliphatic rings. The monoisotopic (exact) mass is 234 g/mol. The van der Waals surface area contributed by atoms with Crippen molar-refractivity contribution in [3.05, 3.63) is 52.5 Å². The molecule has 4 heteroatoms. The zero-order valence-corrected chi connectivity index (χ0v) is 9.91. The fraction of sp³-hybridized carbons (Fsp3) is 0.250. The van der Waals surface area contributed by atoms with Crippen molar-refractivity contribution >= 4 is 11.3 Å². The molecule has 0 spiro atoms. The van der Waals surface area contributed by atoms with Gasteiger partial charge in [-0.25, -0.2) is 4.98 Å². The minimum absolute atomic E-state index is 0.128. The lowest BCUT2D eigenvalue weighted by Crippen LogP contribution is -2.18. The highest BCUT2D eigenvalue weighted by Gasteiger charge is 2.06. The van der Waals surface area contributed by atoms with Gasteiger partial charge in [0.05, 0.1) is 12.6 Å². The maximum absolute atomic E-state index is 5.42. The SMILES string of the molecule is CC(NOCc1ccccc1)c1nccs1. The summed E-state index contributed by atoms with van der Waals surface area (Å²) in [6.45, 7) is 2.60. The largest absolute Gasteiger partial charge is 0.296 e. The Balaban J connectivity index is 1.76. The van der Waals surface area contributed by atoms with E-state index in [-0.39, 0.29) is 6.04 Å². The van der Waals surface area contributed by atoms with Crippen molar-refractivity contribution < 1.29 is 4.84 Å². The molecule has 2 aromatic rings. The fourth-order valence-electron chi connectivity index (χ4n) is 1.32. The molecule has 1 N–H and O–H groups in total. The van der Waals surface area contributed by atoms with E-state index in [2.05, 4.69) is 10.5 Å². The van der Waals surface area contributed by atoms with Gasteiger partial charge in [-0.1, -0.05) is 30.3 Å². The van der Waals surface area contributed by atoms with E-state index in [4.69, 9.17) is 4.84 Å². The van der Waals surface area contributed by atoms with Crippen LogP contribution in [0, 0.1) is 0 Å². The highest BCUT2D eigenvalue weighted by Crippen LogP contribution is 2.14. The molecule has 0 saturated carbocycles. The second-order valence-electron chi connectivity index (χ2n) is 3.48. The average Bonchev–Trinajstić information content (AvgIpc) is 2.84. The van der Waals surface area contributed by atoms with Crippen LogP contribution < -0.4 is 5.48 Å². The van der Waals surface area contributed by atoms with Crippen LogP contribution in [0.4, 0.5) is 0 Å². The molecule has 1 atom stereocenters. The lowest BCUT2D eigenvalue weighted by Gasteiger charge is -2.10. The maximum Gasteiger partial charge on any atom is 0.112 e. The third-order valence-electron chi connectivity index (χ3n) is 2.16. The third-order valence-corrected chi connectivity index (χ3v) is 3.12. The smallest absolute Gasteiger partial charge is 0.112 e. The first-order valence-corrected chi connectivity index (χ1v) is 6.05. The van der Waals surface area contributed by atoms with Crippen molar-refractivity contribution in [1.82, 2.24) is 10.5 Å². The predicted octanol–water partition coefficient (Wildman–Crippen LogP) is 2.93. The van der Waals surface area contributed by atoms with Gasteiger partial charge in [-0.15, -0.1) is 11.3 Å². The van der Waals surface area contributed by atoms with Crippen molar-refractivity contribution in [3.8, 4) is 0 Å². The number of rotatable bonds is 5. The maximum atomic E-state index is 5.42. The van der Waals surface area contributed by atoms with Gasteiger partial charge in [0.2, 0.25) is 0 Å². The molecule has 0 fully saturated rings. The van der Waals surface area contributed by atoms with Gasteiger partial charge < -0.3 is 0 Å². The molecule has 0 bridgehead atoms. The Morgan fingerprint density at radius 3 is 2.88 bits per heavy atom. The van der Waals surface area contributed by atoms with E-state index in [1.165, 1.54) is 0 Å². The number of nitrogens with one attached hydrogen (secondary N) is 1. The quantitative estimate of drug-likeness (QED) is 0.808. The Kier molecular flexibility index (Phi) is 4.04. The first-order chi connectivity index (χ1) is 7.86. The molecule has 1 aromatic carbocycles. The molecule has 1 aromatic heterocycles. The number of hydrogen-bond donors (Lipinski definition) is 1. The summed E-state index contributed by atoms with van der Waals surface area (Å²) in [6, 6.07) is 10.2. The second-order valence-corrected chi connectivity index (χ2v) is 4.41. The summed E-state index contributed by atoms with van der Waals surface area (Å²) in [5, 5.41) is 3.00. The van der Waals surface area contributed by atoms with Crippen molar-refractivity contribution in [2.45, 2.75) is 19.6 Å². The summed E-state index contributed by atoms with van der Waals surface area (Å²) < 4.78 is 0. The van der Waals surface area contributed by atoms with Crippen LogP contribution in [0.25, 0.3) is 0 Å². The van der Waals surface area contributed by atoms with Crippen LogP contribution in [0.15, 0.2) is 41.9 Å². The van der Waals surface area contributed by atoms with E-state index in [0.717, 1.165) is 10.6 Å². The van der Waals surface area contributed by atoms with E-state index >= 15 is 0 Å². The molecule has 2 rings (SSSR count). The minimum Gasteiger partial charge on any atom is -0.296 e. The van der Waals surface area contributed by atoms with Crippen LogP contribution >= 0.6 is 11.3 Å². The van der Waals surface area contributed by atoms with E-state index in [1.54, 1.807) is 17.5 Å². The normalized spacial score (nSPS) is 12.6. The Hall–Kier alpha value is -1.23. The lowest BCUT2D eigenvalue weighted by atomic mass is 10.2. The van der Waals surface area contributed by atoms with Crippen LogP contribution in [0.2, 0.25) is 0 Å². The second kappa shape index (κ2) is 5.75. The fourth-order valence-corrected chi connectivity index (χ4v) is 1.96. The zero-order chi connectivity index (χ0) is 11.2. The summed E-state index contributed by atoms with van der Waals surface area (Å²) in [6.07, 6.45) is 1.80. The molecule has 3 nitrogen and oxygen atoms in total. The van der Waals surface area contributed by atoms with Gasteiger partial charge in [0.1, 0.15) is 5.01 Å². The molecule has 84 valence electrons. The third kappa shape index (κ3) is 3.13. The van der Waals surface area contributed by atoms with Gasteiger partial charge >= 0.3 is 0 Å². The van der Waals surface area contributed by atoms with Crippen LogP contribution in [-0.4, -0.2) is 4.98 Å². The van der Waals surface area contributed by atoms with Crippen molar-refractivity contribution in [2.24, 2.45) is 0 Å². The van der Waals surface area contributed by atoms with Gasteiger partial charge in [-0.2, -0.15) is 5.48 Å². The van der Waals surface area contributed by atoms with Crippen LogP contribution in [0.1, 0.15) is 23.5 Å². The summed E-state index contributed by atoms with van der Waals surface area (Å²) in [5.74, 6) is 0. The zero-order valence-electron chi connectivity index (χ0n) is 9.09. The molecular formula is C12H14N2OS. The summed E-state index contributed by atoms with van der Waals surface area (Å²) in [7, 11) is 0. The Morgan fingerprint density at radius 2 is 2.19 bits per heavy atom. The summed E-state index contributed by atoms with van der Waals surface area (Å²) in [4.78, 5) is 9.64. The first kappa shape index (κ1) is 11.3. The number of benzene rings is 1. The van der Waals surface area contributed by atoms with E-state index in [1.807, 2.05) is 42.6 Å². The van der Waals surface area contributed by atoms with Crippen LogP contribution in [0.5, 0.6) is 0 Å². The standard InChI is InChI=1S/C12H14N2OS/c1-10(12-13-7-8-16-12)14-15-9-11-5-3-2-4-6-11/h2-8,10,14H,9H2,1H3. The molecule has 1 unspecified atom stereocenters. The van der Waals surface area contributed by atoms with E-state index in [0.29, 0.717) is 6.61 Å². The number of aromatic nitrogens is 1. The van der Waals surface area contributed by atoms with Crippen LogP contribution in [-0.2, 0) is 11.4 Å². The Bertz CT molecular complexity index is 402. The summed E-state index contributed by atoms with van der Waals surface area (Å²) in [5.41, 5.74) is 4.14. The number of hydrogen-bond acceptors (Lipinski definition) is 4. The number of thiazole rings is 1. The van der Waals surface area contributed by atoms with Gasteiger partial charge in [-0.05, 0) is 12.5 Å². The molecule has 0 radical (unpaired) electrons. The molecular weight excluding hydrogens is 220 g/mol. The van der Waals surface area contributed by atoms with Crippen molar-refractivity contribution in [3.63, 3.8) is 0 Å². The summed E-state index contributed by atoms with van der Waals surface area (Å²) >= 11 is 1.62. The molecule has 0 saturated heterocycles. The number of hydroxylamine groups is 1. The van der Waals surface area contributed by atoms with Gasteiger partial charge in [0.25, 0.3) is 0 Å². The van der Waals surface area contributed by atoms with Gasteiger partial charge in [0.15, 0.2) is 0 Å². The topological polar surface area (TPSA) is 34.1 Å². The van der Waals surface area contributed by atoms with Gasteiger partial charge in [-0.3, -0.25) is 4.84 Å². The molecule has 1 heterocycles. The average molecular weight is 234 g/mol.